The van der Waals surface area contributed by atoms with E-state index in [2.05, 4.69) is 85.8 Å². The molecule has 31 heavy (non-hydrogen) atoms. The molecule has 0 spiro atoms. The minimum absolute atomic E-state index is 0.171. The van der Waals surface area contributed by atoms with E-state index in [-0.39, 0.29) is 11.8 Å². The van der Waals surface area contributed by atoms with E-state index in [1.54, 1.807) is 0 Å². The highest BCUT2D eigenvalue weighted by atomic mass is 16.2. The molecule has 0 saturated heterocycles. The van der Waals surface area contributed by atoms with Crippen molar-refractivity contribution in [1.82, 2.24) is 15.2 Å². The van der Waals surface area contributed by atoms with Gasteiger partial charge in [0.15, 0.2) is 0 Å². The van der Waals surface area contributed by atoms with Gasteiger partial charge in [-0.15, -0.1) is 0 Å². The summed E-state index contributed by atoms with van der Waals surface area (Å²) in [4.78, 5) is 18.7. The molecule has 0 bridgehead atoms. The molecule has 0 aliphatic heterocycles. The Morgan fingerprint density at radius 3 is 2.74 bits per heavy atom. The summed E-state index contributed by atoms with van der Waals surface area (Å²) in [5.41, 5.74) is 7.64. The van der Waals surface area contributed by atoms with Crippen molar-refractivity contribution < 1.29 is 4.79 Å². The molecule has 1 aromatic heterocycles. The van der Waals surface area contributed by atoms with Gasteiger partial charge in [-0.25, -0.2) is 0 Å². The van der Waals surface area contributed by atoms with Gasteiger partial charge in [-0.05, 0) is 61.9 Å². The Morgan fingerprint density at radius 2 is 1.97 bits per heavy atom. The second-order valence-corrected chi connectivity index (χ2v) is 8.47. The molecule has 1 heterocycles. The molecule has 0 fully saturated rings. The number of allylic oxidation sites excluding steroid dienone is 1. The van der Waals surface area contributed by atoms with Crippen LogP contribution in [0.15, 0.2) is 54.7 Å². The van der Waals surface area contributed by atoms with Crippen molar-refractivity contribution in [2.24, 2.45) is 5.92 Å². The second kappa shape index (κ2) is 9.52. The Kier molecular flexibility index (Phi) is 6.57. The van der Waals surface area contributed by atoms with Crippen molar-refractivity contribution in [1.29, 1.82) is 0 Å². The van der Waals surface area contributed by atoms with Crippen LogP contribution in [0.5, 0.6) is 0 Å². The molecule has 162 valence electrons. The minimum Gasteiger partial charge on any atom is -0.361 e. The average Bonchev–Trinajstić information content (AvgIpc) is 3.20. The van der Waals surface area contributed by atoms with Crippen molar-refractivity contribution in [3.05, 3.63) is 77.0 Å². The first-order chi connectivity index (χ1) is 15.1. The molecular formula is C27H33N3O. The van der Waals surface area contributed by atoms with E-state index >= 15 is 0 Å². The third-order valence-corrected chi connectivity index (χ3v) is 6.37. The number of nitrogens with one attached hydrogen (secondary N) is 2. The lowest BCUT2D eigenvalue weighted by Gasteiger charge is -2.25. The lowest BCUT2D eigenvalue weighted by molar-refractivity contribution is -0.133. The van der Waals surface area contributed by atoms with Gasteiger partial charge in [-0.3, -0.25) is 4.79 Å². The third-order valence-electron chi connectivity index (χ3n) is 6.37. The topological polar surface area (TPSA) is 48.1 Å². The summed E-state index contributed by atoms with van der Waals surface area (Å²) in [5, 5.41) is 4.86. The van der Waals surface area contributed by atoms with Gasteiger partial charge in [0.2, 0.25) is 5.91 Å². The average molecular weight is 416 g/mol. The molecular weight excluding hydrogens is 382 g/mol. The van der Waals surface area contributed by atoms with Gasteiger partial charge in [0.25, 0.3) is 0 Å². The fourth-order valence-corrected chi connectivity index (χ4v) is 4.72. The van der Waals surface area contributed by atoms with Crippen LogP contribution in [0.3, 0.4) is 0 Å². The lowest BCUT2D eigenvalue weighted by atomic mass is 9.86. The number of aromatic nitrogens is 1. The third kappa shape index (κ3) is 4.59. The molecule has 1 amide bonds. The Labute approximate surface area is 185 Å². The zero-order valence-corrected chi connectivity index (χ0v) is 18.9. The van der Waals surface area contributed by atoms with Crippen molar-refractivity contribution >= 4 is 22.4 Å². The first-order valence-electron chi connectivity index (χ1n) is 11.5. The lowest BCUT2D eigenvalue weighted by Crippen LogP contribution is -2.39. The maximum atomic E-state index is 13.3. The number of H-pyrrole nitrogens is 1. The number of aromatic amines is 1. The number of carbonyl (C=O) groups is 1. The monoisotopic (exact) mass is 415 g/mol. The van der Waals surface area contributed by atoms with E-state index in [0.29, 0.717) is 6.54 Å². The number of carbonyl (C=O) groups excluding carboxylic acids is 1. The van der Waals surface area contributed by atoms with E-state index < -0.39 is 0 Å². The van der Waals surface area contributed by atoms with Crippen LogP contribution in [0.1, 0.15) is 42.5 Å². The first-order valence-corrected chi connectivity index (χ1v) is 11.5. The first kappa shape index (κ1) is 21.4. The number of rotatable bonds is 8. The Bertz CT molecular complexity index is 1090. The smallest absolute Gasteiger partial charge is 0.230 e. The maximum Gasteiger partial charge on any atom is 0.230 e. The van der Waals surface area contributed by atoms with E-state index in [0.717, 1.165) is 32.5 Å². The fourth-order valence-electron chi connectivity index (χ4n) is 4.72. The van der Waals surface area contributed by atoms with Gasteiger partial charge >= 0.3 is 0 Å². The summed E-state index contributed by atoms with van der Waals surface area (Å²) < 4.78 is 0. The fraction of sp³-hybridized carbons (Fsp3) is 0.370. The normalized spacial score (nSPS) is 15.4. The van der Waals surface area contributed by atoms with E-state index in [4.69, 9.17) is 0 Å². The summed E-state index contributed by atoms with van der Waals surface area (Å²) in [5.74, 6) is 0.0386. The summed E-state index contributed by atoms with van der Waals surface area (Å²) in [7, 11) is 0. The molecule has 3 aromatic rings. The van der Waals surface area contributed by atoms with Crippen LogP contribution in [0.4, 0.5) is 0 Å². The van der Waals surface area contributed by atoms with Crippen molar-refractivity contribution in [3.8, 4) is 0 Å². The summed E-state index contributed by atoms with van der Waals surface area (Å²) >= 11 is 0. The molecule has 0 saturated carbocycles. The van der Waals surface area contributed by atoms with Crippen molar-refractivity contribution in [2.45, 2.75) is 40.2 Å². The molecule has 1 aliphatic rings. The Hall–Kier alpha value is -2.85. The number of amides is 1. The molecule has 4 heteroatoms. The number of hydrogen-bond acceptors (Lipinski definition) is 2. The van der Waals surface area contributed by atoms with Crippen LogP contribution in [-0.4, -0.2) is 35.4 Å². The highest BCUT2D eigenvalue weighted by Gasteiger charge is 2.24. The molecule has 1 aliphatic carbocycles. The van der Waals surface area contributed by atoms with Crippen LogP contribution in [0.2, 0.25) is 0 Å². The van der Waals surface area contributed by atoms with Gasteiger partial charge in [0.1, 0.15) is 0 Å². The predicted octanol–water partition coefficient (Wildman–Crippen LogP) is 5.08. The number of benzene rings is 2. The highest BCUT2D eigenvalue weighted by Crippen LogP contribution is 2.36. The Morgan fingerprint density at radius 1 is 1.16 bits per heavy atom. The van der Waals surface area contributed by atoms with Gasteiger partial charge in [-0.2, -0.15) is 0 Å². The van der Waals surface area contributed by atoms with Gasteiger partial charge in [0.05, 0.1) is 5.92 Å². The summed E-state index contributed by atoms with van der Waals surface area (Å²) in [6, 6.07) is 15.0. The second-order valence-electron chi connectivity index (χ2n) is 8.47. The van der Waals surface area contributed by atoms with Crippen molar-refractivity contribution in [3.63, 3.8) is 0 Å². The van der Waals surface area contributed by atoms with Gasteiger partial charge < -0.3 is 15.2 Å². The standard InChI is InChI=1S/C27H33N3O/c1-4-30(5-2)27(31)23(17-28-16-20-9-6-8-19(3)14-20)15-21-12-13-22-18-29-25-11-7-10-24(21)26(22)25/h6-11,14-15,18,23,28-29H,4-5,12-13,16-17H2,1-3H3/b21-15+. The summed E-state index contributed by atoms with van der Waals surface area (Å²) in [6.45, 7) is 9.11. The molecule has 1 atom stereocenters. The molecule has 4 rings (SSSR count). The SMILES string of the molecule is CCN(CC)C(=O)C(/C=C1\CCc2c[nH]c3cccc1c23)CNCc1cccc(C)c1. The maximum absolute atomic E-state index is 13.3. The quantitative estimate of drug-likeness (QED) is 0.539. The van der Waals surface area contributed by atoms with E-state index in [9.17, 15) is 4.79 Å². The largest absolute Gasteiger partial charge is 0.361 e. The zero-order chi connectivity index (χ0) is 21.8. The van der Waals surface area contributed by atoms with Crippen molar-refractivity contribution in [2.75, 3.05) is 19.6 Å². The molecule has 0 radical (unpaired) electrons. The minimum atomic E-state index is -0.171. The molecule has 2 N–H and O–H groups in total. The van der Waals surface area contributed by atoms with Crippen LogP contribution in [-0.2, 0) is 17.8 Å². The van der Waals surface area contributed by atoms with E-state index in [1.165, 1.54) is 38.7 Å². The zero-order valence-electron chi connectivity index (χ0n) is 18.9. The number of hydrogen-bond donors (Lipinski definition) is 2. The molecule has 1 unspecified atom stereocenters. The predicted molar refractivity (Wildman–Crippen MR) is 129 cm³/mol. The van der Waals surface area contributed by atoms with Crippen LogP contribution in [0.25, 0.3) is 16.5 Å². The van der Waals surface area contributed by atoms with Crippen LogP contribution < -0.4 is 5.32 Å². The van der Waals surface area contributed by atoms with Gasteiger partial charge in [-0.1, -0.05) is 48.0 Å². The molecule has 2 aromatic carbocycles. The highest BCUT2D eigenvalue weighted by molar-refractivity contribution is 5.97. The van der Waals surface area contributed by atoms with Crippen LogP contribution in [0, 0.1) is 12.8 Å². The summed E-state index contributed by atoms with van der Waals surface area (Å²) in [6.07, 6.45) is 6.36. The molecule has 4 nitrogen and oxygen atoms in total. The number of aryl methyl sites for hydroxylation is 2. The Balaban J connectivity index is 1.59. The van der Waals surface area contributed by atoms with E-state index in [1.807, 2.05) is 4.90 Å². The van der Waals surface area contributed by atoms with Crippen LogP contribution >= 0.6 is 0 Å². The number of nitrogens with zero attached hydrogens (tertiary/aromatic N) is 1. The van der Waals surface area contributed by atoms with Gasteiger partial charge in [0, 0.05) is 43.3 Å².